The van der Waals surface area contributed by atoms with Crippen molar-refractivity contribution in [3.63, 3.8) is 0 Å². The molecule has 0 rings (SSSR count). The van der Waals surface area contributed by atoms with Crippen LogP contribution in [0.15, 0.2) is 12.3 Å². The summed E-state index contributed by atoms with van der Waals surface area (Å²) in [5.41, 5.74) is 0. The largest absolute Gasteiger partial charge is 0.483 e. The van der Waals surface area contributed by atoms with Crippen LogP contribution in [0.1, 0.15) is 20.3 Å². The van der Waals surface area contributed by atoms with Gasteiger partial charge in [-0.25, -0.2) is 4.79 Å². The van der Waals surface area contributed by atoms with Gasteiger partial charge in [0.1, 0.15) is 6.07 Å². The molecule has 0 heterocycles. The first-order chi connectivity index (χ1) is 6.24. The Labute approximate surface area is 77.8 Å². The Bertz CT molecular complexity index is 217. The highest BCUT2D eigenvalue weighted by Crippen LogP contribution is 1.96. The van der Waals surface area contributed by atoms with Crippen LogP contribution in [0.3, 0.4) is 0 Å². The Morgan fingerprint density at radius 3 is 2.77 bits per heavy atom. The molecule has 0 aliphatic carbocycles. The number of hydrogen-bond donors (Lipinski definition) is 0. The molecule has 0 aromatic carbocycles. The van der Waals surface area contributed by atoms with E-state index in [0.29, 0.717) is 13.0 Å². The van der Waals surface area contributed by atoms with Gasteiger partial charge in [-0.05, 0) is 13.3 Å². The second-order valence-corrected chi connectivity index (χ2v) is 2.22. The summed E-state index contributed by atoms with van der Waals surface area (Å²) in [6, 6.07) is 1.93. The molecule has 1 unspecified atom stereocenters. The predicted octanol–water partition coefficient (Wildman–Crippen LogP) is 1.38. The van der Waals surface area contributed by atoms with Crippen LogP contribution >= 0.6 is 0 Å². The normalized spacial score (nSPS) is 12.1. The first-order valence-corrected chi connectivity index (χ1v) is 4.13. The smallest absolute Gasteiger partial charge is 0.333 e. The van der Waals surface area contributed by atoms with E-state index in [4.69, 9.17) is 10.00 Å². The summed E-state index contributed by atoms with van der Waals surface area (Å²) < 4.78 is 9.52. The number of esters is 1. The van der Waals surface area contributed by atoms with Crippen molar-refractivity contribution in [3.05, 3.63) is 12.3 Å². The summed E-state index contributed by atoms with van der Waals surface area (Å²) in [4.78, 5) is 10.7. The zero-order chi connectivity index (χ0) is 10.1. The maximum atomic E-state index is 10.7. The minimum absolute atomic E-state index is 0.332. The second-order valence-electron chi connectivity index (χ2n) is 2.22. The van der Waals surface area contributed by atoms with Crippen LogP contribution in [-0.4, -0.2) is 18.7 Å². The third-order valence-electron chi connectivity index (χ3n) is 1.25. The molecule has 1 atom stereocenters. The molecule has 4 heteroatoms. The van der Waals surface area contributed by atoms with Crippen molar-refractivity contribution < 1.29 is 14.3 Å². The van der Waals surface area contributed by atoms with E-state index in [-0.39, 0.29) is 0 Å². The highest BCUT2D eigenvalue weighted by atomic mass is 16.5. The first-order valence-electron chi connectivity index (χ1n) is 4.13. The van der Waals surface area contributed by atoms with Crippen molar-refractivity contribution >= 4 is 5.97 Å². The van der Waals surface area contributed by atoms with Crippen molar-refractivity contribution in [2.45, 2.75) is 26.4 Å². The molecule has 0 bridgehead atoms. The van der Waals surface area contributed by atoms with E-state index in [9.17, 15) is 4.79 Å². The molecule has 4 nitrogen and oxygen atoms in total. The van der Waals surface area contributed by atoms with Crippen molar-refractivity contribution in [1.29, 1.82) is 5.26 Å². The molecular formula is C9H13NO3. The molecule has 13 heavy (non-hydrogen) atoms. The number of nitrogens with zero attached hydrogens (tertiary/aromatic N) is 1. The predicted molar refractivity (Wildman–Crippen MR) is 46.6 cm³/mol. The van der Waals surface area contributed by atoms with E-state index >= 15 is 0 Å². The minimum Gasteiger partial charge on any atom is -0.483 e. The topological polar surface area (TPSA) is 59.3 Å². The van der Waals surface area contributed by atoms with Crippen LogP contribution in [0.4, 0.5) is 0 Å². The lowest BCUT2D eigenvalue weighted by Crippen LogP contribution is -2.05. The summed E-state index contributed by atoms with van der Waals surface area (Å²) in [6.07, 6.45) is 2.44. The van der Waals surface area contributed by atoms with Gasteiger partial charge in [0.05, 0.1) is 18.9 Å². The van der Waals surface area contributed by atoms with Gasteiger partial charge >= 0.3 is 5.97 Å². The Hall–Kier alpha value is -1.50. The molecule has 0 saturated carbocycles. The van der Waals surface area contributed by atoms with Gasteiger partial charge < -0.3 is 9.47 Å². The molecule has 0 aliphatic rings. The lowest BCUT2D eigenvalue weighted by Gasteiger charge is -2.03. The van der Waals surface area contributed by atoms with Crippen LogP contribution < -0.4 is 0 Å². The van der Waals surface area contributed by atoms with Crippen LogP contribution in [0.25, 0.3) is 0 Å². The van der Waals surface area contributed by atoms with Crippen molar-refractivity contribution in [3.8, 4) is 6.07 Å². The van der Waals surface area contributed by atoms with Crippen LogP contribution in [0.5, 0.6) is 0 Å². The molecule has 0 fully saturated rings. The molecule has 72 valence electrons. The van der Waals surface area contributed by atoms with Crippen LogP contribution in [0, 0.1) is 11.3 Å². The zero-order valence-corrected chi connectivity index (χ0v) is 7.82. The highest BCUT2D eigenvalue weighted by Gasteiger charge is 2.01. The zero-order valence-electron chi connectivity index (χ0n) is 7.82. The number of carbonyl (C=O) groups is 1. The van der Waals surface area contributed by atoms with E-state index in [0.717, 1.165) is 6.08 Å². The fraction of sp³-hybridized carbons (Fsp3) is 0.556. The molecule has 0 radical (unpaired) electrons. The molecule has 0 aliphatic heterocycles. The van der Waals surface area contributed by atoms with Gasteiger partial charge in [0.25, 0.3) is 0 Å². The minimum atomic E-state index is -0.495. The molecule has 0 aromatic rings. The number of nitriles is 1. The molecule has 0 amide bonds. The summed E-state index contributed by atoms with van der Waals surface area (Å²) in [5, 5.41) is 8.47. The summed E-state index contributed by atoms with van der Waals surface area (Å²) in [7, 11) is 0. The van der Waals surface area contributed by atoms with Crippen molar-refractivity contribution in [2.24, 2.45) is 0 Å². The van der Waals surface area contributed by atoms with Gasteiger partial charge in [0, 0.05) is 0 Å². The monoisotopic (exact) mass is 183 g/mol. The van der Waals surface area contributed by atoms with Crippen molar-refractivity contribution in [1.82, 2.24) is 0 Å². The Balaban J connectivity index is 3.74. The first kappa shape index (κ1) is 11.5. The third-order valence-corrected chi connectivity index (χ3v) is 1.25. The Morgan fingerprint density at radius 1 is 1.62 bits per heavy atom. The van der Waals surface area contributed by atoms with Crippen molar-refractivity contribution in [2.75, 3.05) is 6.61 Å². The molecule has 0 saturated heterocycles. The fourth-order valence-electron chi connectivity index (χ4n) is 0.598. The average molecular weight is 183 g/mol. The quantitative estimate of drug-likeness (QED) is 0.367. The molecule has 0 spiro atoms. The highest BCUT2D eigenvalue weighted by molar-refractivity contribution is 5.81. The number of hydrogen-bond acceptors (Lipinski definition) is 4. The standard InChI is InChI=1S/C9H13NO3/c1-3-8(7-10)13-6-5-9(11)12-4-2/h5-6,8H,3-4H2,1-2H3. The van der Waals surface area contributed by atoms with E-state index in [2.05, 4.69) is 4.74 Å². The van der Waals surface area contributed by atoms with E-state index in [1.807, 2.05) is 13.0 Å². The summed E-state index contributed by atoms with van der Waals surface area (Å²) in [5.74, 6) is -0.463. The SMILES string of the molecule is CCOC(=O)C=COC(C#N)CC. The van der Waals surface area contributed by atoms with Gasteiger partial charge in [-0.2, -0.15) is 5.26 Å². The van der Waals surface area contributed by atoms with Gasteiger partial charge in [0.15, 0.2) is 6.10 Å². The average Bonchev–Trinajstić information content (AvgIpc) is 2.13. The maximum Gasteiger partial charge on any atom is 0.333 e. The fourth-order valence-corrected chi connectivity index (χ4v) is 0.598. The van der Waals surface area contributed by atoms with Gasteiger partial charge in [-0.3, -0.25) is 0 Å². The number of ether oxygens (including phenoxy) is 2. The van der Waals surface area contributed by atoms with E-state index in [1.165, 1.54) is 6.26 Å². The summed E-state index contributed by atoms with van der Waals surface area (Å²) in [6.45, 7) is 3.88. The second kappa shape index (κ2) is 7.17. The van der Waals surface area contributed by atoms with E-state index in [1.54, 1.807) is 6.92 Å². The third kappa shape index (κ3) is 5.74. The Morgan fingerprint density at radius 2 is 2.31 bits per heavy atom. The molecule has 0 N–H and O–H groups in total. The lowest BCUT2D eigenvalue weighted by molar-refractivity contribution is -0.137. The molecule has 0 aromatic heterocycles. The van der Waals surface area contributed by atoms with Crippen LogP contribution in [-0.2, 0) is 14.3 Å². The number of rotatable bonds is 5. The lowest BCUT2D eigenvalue weighted by atomic mass is 10.3. The molecular weight excluding hydrogens is 170 g/mol. The van der Waals surface area contributed by atoms with Gasteiger partial charge in [-0.15, -0.1) is 0 Å². The summed E-state index contributed by atoms with van der Waals surface area (Å²) >= 11 is 0. The maximum absolute atomic E-state index is 10.7. The Kier molecular flexibility index (Phi) is 6.34. The van der Waals surface area contributed by atoms with Crippen LogP contribution in [0.2, 0.25) is 0 Å². The number of carbonyl (C=O) groups excluding carboxylic acids is 1. The van der Waals surface area contributed by atoms with E-state index < -0.39 is 12.1 Å². The van der Waals surface area contributed by atoms with Gasteiger partial charge in [-0.1, -0.05) is 6.92 Å². The van der Waals surface area contributed by atoms with Gasteiger partial charge in [0.2, 0.25) is 0 Å².